The smallest absolute Gasteiger partial charge is 0.0666 e. The Morgan fingerprint density at radius 2 is 2.17 bits per heavy atom. The van der Waals surface area contributed by atoms with Crippen LogP contribution in [0.2, 0.25) is 0 Å². The van der Waals surface area contributed by atoms with E-state index in [4.69, 9.17) is 0 Å². The second-order valence-electron chi connectivity index (χ2n) is 2.29. The second-order valence-corrected chi connectivity index (χ2v) is 2.48. The van der Waals surface area contributed by atoms with Crippen molar-refractivity contribution in [3.05, 3.63) is 29.8 Å². The molecule has 0 amide bonds. The van der Waals surface area contributed by atoms with E-state index >= 15 is 0 Å². The Morgan fingerprint density at radius 3 is 2.83 bits per heavy atom. The first-order chi connectivity index (χ1) is 5.88. The molecule has 0 bridgehead atoms. The quantitative estimate of drug-likeness (QED) is 0.443. The molecule has 1 aromatic rings. The zero-order chi connectivity index (χ0) is 8.81. The fourth-order valence-corrected chi connectivity index (χ4v) is 1.05. The van der Waals surface area contributed by atoms with Crippen LogP contribution in [0.4, 0.5) is 5.69 Å². The summed E-state index contributed by atoms with van der Waals surface area (Å²) in [6.45, 7) is 2.09. The van der Waals surface area contributed by atoms with Crippen molar-refractivity contribution in [1.82, 2.24) is 0 Å². The fraction of sp³-hybridized carbons (Fsp3) is 0.250. The molecule has 1 rings (SSSR count). The number of para-hydroxylation sites is 1. The summed E-state index contributed by atoms with van der Waals surface area (Å²) < 4.78 is 4.35. The molecule has 1 atom stereocenters. The largest absolute Gasteiger partial charge is 0.235 e. The number of benzene rings is 1. The van der Waals surface area contributed by atoms with Crippen LogP contribution in [0.5, 0.6) is 0 Å². The molecular weight excluding hydrogens is 173 g/mol. The third-order valence-corrected chi connectivity index (χ3v) is 1.69. The van der Waals surface area contributed by atoms with Crippen molar-refractivity contribution >= 4 is 15.2 Å². The topological polar surface area (TPSA) is 30.5 Å². The van der Waals surface area contributed by atoms with Gasteiger partial charge in [-0.15, -0.1) is 4.99 Å². The maximum Gasteiger partial charge on any atom is 0.0666 e. The van der Waals surface area contributed by atoms with Gasteiger partial charge in [0.15, 0.2) is 0 Å². The lowest BCUT2D eigenvalue weighted by Crippen LogP contribution is -1.99. The van der Waals surface area contributed by atoms with Crippen molar-refractivity contribution in [2.24, 2.45) is 0 Å². The Bertz CT molecular complexity index is 242. The molecule has 0 spiro atoms. The van der Waals surface area contributed by atoms with Crippen molar-refractivity contribution in [3.63, 3.8) is 0 Å². The molecule has 0 radical (unpaired) electrons. The summed E-state index contributed by atoms with van der Waals surface area (Å²) in [4.78, 5) is 4.58. The second kappa shape index (κ2) is 5.09. The summed E-state index contributed by atoms with van der Waals surface area (Å²) in [5.74, 6) is 0. The minimum Gasteiger partial charge on any atom is -0.235 e. The Labute approximate surface area is 74.2 Å². The molecule has 1 N–H and O–H groups in total. The predicted octanol–water partition coefficient (Wildman–Crippen LogP) is 2.31. The van der Waals surface area contributed by atoms with Gasteiger partial charge in [0, 0.05) is 9.47 Å². The van der Waals surface area contributed by atoms with Crippen LogP contribution in [-0.2, 0) is 16.1 Å². The van der Waals surface area contributed by atoms with E-state index in [1.165, 1.54) is 5.56 Å². The first-order valence-corrected chi connectivity index (χ1v) is 4.22. The molecule has 0 aliphatic carbocycles. The van der Waals surface area contributed by atoms with Crippen molar-refractivity contribution < 1.29 is 9.66 Å². The van der Waals surface area contributed by atoms with Gasteiger partial charge in [-0.25, -0.2) is 5.48 Å². The van der Waals surface area contributed by atoms with Crippen LogP contribution < -0.4 is 5.48 Å². The Balaban J connectivity index is 2.68. The fourth-order valence-electron chi connectivity index (χ4n) is 0.997. The molecular formula is C8H12NO2P. The van der Waals surface area contributed by atoms with Gasteiger partial charge < -0.3 is 0 Å². The van der Waals surface area contributed by atoms with Crippen LogP contribution >= 0.6 is 9.47 Å². The normalized spacial score (nSPS) is 9.83. The van der Waals surface area contributed by atoms with Gasteiger partial charge in [-0.2, -0.15) is 4.67 Å². The van der Waals surface area contributed by atoms with E-state index in [-0.39, 0.29) is 0 Å². The van der Waals surface area contributed by atoms with Gasteiger partial charge in [0.2, 0.25) is 0 Å². The van der Waals surface area contributed by atoms with Gasteiger partial charge in [-0.05, 0) is 18.1 Å². The van der Waals surface area contributed by atoms with Gasteiger partial charge in [-0.3, -0.25) is 0 Å². The lowest BCUT2D eigenvalue weighted by Gasteiger charge is -2.07. The molecule has 0 aliphatic heterocycles. The van der Waals surface area contributed by atoms with E-state index in [2.05, 4.69) is 22.1 Å². The maximum absolute atomic E-state index is 4.58. The summed E-state index contributed by atoms with van der Waals surface area (Å²) >= 11 is 0. The standard InChI is InChI=1S/C8H12NO2P/c1-2-7-5-3-4-6-8(7)9-10-11-12/h3-6,9H,2,12H2,1H3. The van der Waals surface area contributed by atoms with Crippen molar-refractivity contribution in [3.8, 4) is 0 Å². The first-order valence-electron chi connectivity index (χ1n) is 3.74. The molecule has 0 fully saturated rings. The minimum atomic E-state index is 0.933. The Kier molecular flexibility index (Phi) is 4.01. The van der Waals surface area contributed by atoms with Gasteiger partial charge in [0.1, 0.15) is 0 Å². The van der Waals surface area contributed by atoms with E-state index in [9.17, 15) is 0 Å². The van der Waals surface area contributed by atoms with E-state index in [1.807, 2.05) is 33.7 Å². The van der Waals surface area contributed by atoms with Crippen molar-refractivity contribution in [2.45, 2.75) is 13.3 Å². The summed E-state index contributed by atoms with van der Waals surface area (Å²) in [5.41, 5.74) is 4.80. The number of aryl methyl sites for hydroxylation is 1. The summed E-state index contributed by atoms with van der Waals surface area (Å²) in [7, 11) is 2.00. The van der Waals surface area contributed by atoms with Gasteiger partial charge in [0.25, 0.3) is 0 Å². The highest BCUT2D eigenvalue weighted by Crippen LogP contribution is 2.15. The number of hydrogen-bond donors (Lipinski definition) is 1. The highest BCUT2D eigenvalue weighted by molar-refractivity contribution is 7.09. The van der Waals surface area contributed by atoms with Crippen LogP contribution in [0.25, 0.3) is 0 Å². The maximum atomic E-state index is 4.58. The van der Waals surface area contributed by atoms with Crippen LogP contribution in [0.3, 0.4) is 0 Å². The van der Waals surface area contributed by atoms with Crippen LogP contribution in [-0.4, -0.2) is 0 Å². The average molecular weight is 185 g/mol. The molecule has 1 unspecified atom stereocenters. The van der Waals surface area contributed by atoms with E-state index < -0.39 is 0 Å². The molecule has 0 saturated carbocycles. The Hall–Kier alpha value is -0.630. The van der Waals surface area contributed by atoms with E-state index in [1.54, 1.807) is 0 Å². The first kappa shape index (κ1) is 9.46. The molecule has 0 heterocycles. The molecule has 12 heavy (non-hydrogen) atoms. The monoisotopic (exact) mass is 185 g/mol. The van der Waals surface area contributed by atoms with Gasteiger partial charge in [0.05, 0.1) is 5.69 Å². The third-order valence-electron chi connectivity index (χ3n) is 1.60. The van der Waals surface area contributed by atoms with Crippen molar-refractivity contribution in [2.75, 3.05) is 5.48 Å². The molecule has 3 nitrogen and oxygen atoms in total. The van der Waals surface area contributed by atoms with Crippen LogP contribution in [0.1, 0.15) is 12.5 Å². The number of nitrogens with one attached hydrogen (secondary N) is 1. The predicted molar refractivity (Wildman–Crippen MR) is 51.3 cm³/mol. The van der Waals surface area contributed by atoms with Crippen molar-refractivity contribution in [1.29, 1.82) is 0 Å². The molecule has 0 saturated heterocycles. The molecule has 1 aromatic carbocycles. The highest BCUT2D eigenvalue weighted by Gasteiger charge is 1.97. The lowest BCUT2D eigenvalue weighted by molar-refractivity contribution is -0.163. The summed E-state index contributed by atoms with van der Waals surface area (Å²) in [6, 6.07) is 7.90. The molecule has 0 aromatic heterocycles. The third kappa shape index (κ3) is 2.45. The summed E-state index contributed by atoms with van der Waals surface area (Å²) in [6.07, 6.45) is 0.962. The van der Waals surface area contributed by atoms with Gasteiger partial charge in [-0.1, -0.05) is 25.1 Å². The number of anilines is 1. The lowest BCUT2D eigenvalue weighted by atomic mass is 10.1. The van der Waals surface area contributed by atoms with Crippen LogP contribution in [0.15, 0.2) is 24.3 Å². The van der Waals surface area contributed by atoms with E-state index in [0.717, 1.165) is 12.1 Å². The number of hydrogen-bond acceptors (Lipinski definition) is 3. The van der Waals surface area contributed by atoms with Gasteiger partial charge >= 0.3 is 0 Å². The minimum absolute atomic E-state index is 0.933. The molecule has 0 aliphatic rings. The van der Waals surface area contributed by atoms with E-state index in [0.29, 0.717) is 0 Å². The zero-order valence-corrected chi connectivity index (χ0v) is 8.07. The highest BCUT2D eigenvalue weighted by atomic mass is 31.0. The zero-order valence-electron chi connectivity index (χ0n) is 6.91. The van der Waals surface area contributed by atoms with Crippen LogP contribution in [0, 0.1) is 0 Å². The summed E-state index contributed by atoms with van der Waals surface area (Å²) in [5, 5.41) is 0. The average Bonchev–Trinajstić information content (AvgIpc) is 2.15. The SMILES string of the molecule is CCc1ccccc1NOOP. The molecule has 4 heteroatoms. The molecule has 66 valence electrons. The number of rotatable bonds is 4. The Morgan fingerprint density at radius 1 is 1.42 bits per heavy atom.